The Morgan fingerprint density at radius 3 is 2.29 bits per heavy atom. The van der Waals surface area contributed by atoms with E-state index in [-0.39, 0.29) is 22.6 Å². The molecular formula is C31H32F2N8. The molecule has 2 aliphatic rings. The summed E-state index contributed by atoms with van der Waals surface area (Å²) in [4.78, 5) is 25.7. The number of piperidine rings is 1. The summed E-state index contributed by atoms with van der Waals surface area (Å²) >= 11 is 0. The smallest absolute Gasteiger partial charge is 0.182 e. The number of benzene rings is 2. The molecule has 0 amide bonds. The van der Waals surface area contributed by atoms with Crippen molar-refractivity contribution in [2.45, 2.75) is 32.7 Å². The van der Waals surface area contributed by atoms with Crippen LogP contribution in [0.5, 0.6) is 0 Å². The van der Waals surface area contributed by atoms with E-state index in [2.05, 4.69) is 36.7 Å². The van der Waals surface area contributed by atoms with Crippen molar-refractivity contribution in [3.05, 3.63) is 65.0 Å². The number of rotatable bonds is 4. The lowest BCUT2D eigenvalue weighted by Gasteiger charge is -2.43. The van der Waals surface area contributed by atoms with E-state index in [1.807, 2.05) is 26.0 Å². The van der Waals surface area contributed by atoms with Crippen LogP contribution in [-0.4, -0.2) is 82.1 Å². The maximum Gasteiger partial charge on any atom is 0.182 e. The van der Waals surface area contributed by atoms with Gasteiger partial charge in [0, 0.05) is 49.0 Å². The molecule has 6 rings (SSSR count). The van der Waals surface area contributed by atoms with Crippen molar-refractivity contribution < 1.29 is 8.78 Å². The number of nitrogens with zero attached hydrogens (tertiary/aromatic N) is 8. The zero-order valence-electron chi connectivity index (χ0n) is 23.5. The first-order valence-corrected chi connectivity index (χ1v) is 14.0. The molecule has 0 unspecified atom stereocenters. The Kier molecular flexibility index (Phi) is 7.32. The maximum atomic E-state index is 15.2. The van der Waals surface area contributed by atoms with Crippen LogP contribution in [0, 0.1) is 36.8 Å². The molecule has 0 atom stereocenters. The summed E-state index contributed by atoms with van der Waals surface area (Å²) in [6.45, 7) is 9.38. The lowest BCUT2D eigenvalue weighted by molar-refractivity contribution is 0.115. The second-order valence-electron chi connectivity index (χ2n) is 11.0. The Morgan fingerprint density at radius 1 is 0.854 bits per heavy atom. The molecule has 2 aromatic carbocycles. The fraction of sp³-hybridized carbons (Fsp3) is 0.387. The predicted octanol–water partition coefficient (Wildman–Crippen LogP) is 4.74. The Bertz CT molecular complexity index is 1650. The summed E-state index contributed by atoms with van der Waals surface area (Å²) in [5.41, 5.74) is 3.90. The number of piperazine rings is 1. The van der Waals surface area contributed by atoms with E-state index >= 15 is 8.78 Å². The van der Waals surface area contributed by atoms with Crippen molar-refractivity contribution in [1.29, 1.82) is 5.26 Å². The Morgan fingerprint density at radius 2 is 1.59 bits per heavy atom. The van der Waals surface area contributed by atoms with Crippen LogP contribution >= 0.6 is 0 Å². The van der Waals surface area contributed by atoms with Crippen molar-refractivity contribution in [2.24, 2.45) is 0 Å². The first-order chi connectivity index (χ1) is 19.8. The molecule has 2 aliphatic heterocycles. The van der Waals surface area contributed by atoms with Crippen LogP contribution in [0.15, 0.2) is 36.4 Å². The second kappa shape index (κ2) is 11.1. The molecule has 210 valence electrons. The van der Waals surface area contributed by atoms with Crippen LogP contribution in [0.2, 0.25) is 0 Å². The zero-order valence-corrected chi connectivity index (χ0v) is 23.5. The molecule has 0 radical (unpaired) electrons. The van der Waals surface area contributed by atoms with Gasteiger partial charge in [0.1, 0.15) is 22.8 Å². The Hall–Kier alpha value is -4.07. The van der Waals surface area contributed by atoms with Gasteiger partial charge in [-0.25, -0.2) is 28.7 Å². The van der Waals surface area contributed by atoms with Gasteiger partial charge in [-0.05, 0) is 83.2 Å². The average molecular weight is 555 g/mol. The van der Waals surface area contributed by atoms with Crippen molar-refractivity contribution in [2.75, 3.05) is 51.2 Å². The number of likely N-dealkylation sites (tertiary alicyclic amines) is 1. The number of aryl methyl sites for hydroxylation is 2. The van der Waals surface area contributed by atoms with Crippen molar-refractivity contribution in [3.8, 4) is 28.7 Å². The van der Waals surface area contributed by atoms with Gasteiger partial charge in [0.25, 0.3) is 0 Å². The largest absolute Gasteiger partial charge is 0.369 e. The van der Waals surface area contributed by atoms with Gasteiger partial charge in [-0.2, -0.15) is 5.26 Å². The number of anilines is 1. The van der Waals surface area contributed by atoms with Gasteiger partial charge < -0.3 is 9.80 Å². The molecule has 4 aromatic rings. The average Bonchev–Trinajstić information content (AvgIpc) is 2.97. The summed E-state index contributed by atoms with van der Waals surface area (Å²) in [5.74, 6) is -0.756. The van der Waals surface area contributed by atoms with Gasteiger partial charge in [-0.15, -0.1) is 0 Å². The van der Waals surface area contributed by atoms with E-state index in [0.29, 0.717) is 34.2 Å². The highest BCUT2D eigenvalue weighted by molar-refractivity contribution is 5.89. The van der Waals surface area contributed by atoms with E-state index < -0.39 is 11.6 Å². The first-order valence-electron chi connectivity index (χ1n) is 14.0. The molecule has 0 saturated carbocycles. The third-order valence-electron chi connectivity index (χ3n) is 8.32. The quantitative estimate of drug-likeness (QED) is 0.358. The molecule has 2 aromatic heterocycles. The first kappa shape index (κ1) is 27.1. The Labute approximate surface area is 238 Å². The number of hydrogen-bond donors (Lipinski definition) is 0. The number of fused-ring (bicyclic) bond motifs is 1. The Balaban J connectivity index is 1.35. The van der Waals surface area contributed by atoms with Gasteiger partial charge in [0.05, 0.1) is 23.0 Å². The van der Waals surface area contributed by atoms with Gasteiger partial charge in [-0.1, -0.05) is 0 Å². The minimum atomic E-state index is -0.600. The van der Waals surface area contributed by atoms with Gasteiger partial charge in [-0.3, -0.25) is 4.90 Å². The van der Waals surface area contributed by atoms with Crippen LogP contribution < -0.4 is 4.90 Å². The predicted molar refractivity (Wildman–Crippen MR) is 154 cm³/mol. The van der Waals surface area contributed by atoms with Crippen LogP contribution in [0.3, 0.4) is 0 Å². The molecule has 0 aliphatic carbocycles. The molecule has 8 nitrogen and oxygen atoms in total. The molecular weight excluding hydrogens is 522 g/mol. The van der Waals surface area contributed by atoms with Crippen LogP contribution in [0.1, 0.15) is 29.8 Å². The molecule has 0 bridgehead atoms. The van der Waals surface area contributed by atoms with Crippen LogP contribution in [0.25, 0.3) is 33.8 Å². The minimum Gasteiger partial charge on any atom is -0.369 e. The van der Waals surface area contributed by atoms with Crippen molar-refractivity contribution in [3.63, 3.8) is 0 Å². The van der Waals surface area contributed by atoms with E-state index in [4.69, 9.17) is 4.98 Å². The third kappa shape index (κ3) is 5.47. The fourth-order valence-electron chi connectivity index (χ4n) is 5.80. The monoisotopic (exact) mass is 554 g/mol. The third-order valence-corrected chi connectivity index (χ3v) is 8.32. The summed E-state index contributed by atoms with van der Waals surface area (Å²) in [6, 6.07) is 11.6. The SMILES string of the molecule is Cc1nc2nc(-c3cc(F)cc(N4CCN(C5CCN(C)CC5)CC4)c3)nc(-c3ccc(C#N)cc3F)c2nc1C. The molecule has 41 heavy (non-hydrogen) atoms. The summed E-state index contributed by atoms with van der Waals surface area (Å²) < 4.78 is 30.2. The highest BCUT2D eigenvalue weighted by Gasteiger charge is 2.27. The fourth-order valence-corrected chi connectivity index (χ4v) is 5.80. The lowest BCUT2D eigenvalue weighted by atomic mass is 10.0. The number of hydrogen-bond acceptors (Lipinski definition) is 8. The maximum absolute atomic E-state index is 15.2. The number of aromatic nitrogens is 4. The molecule has 0 N–H and O–H groups in total. The number of nitriles is 1. The summed E-state index contributed by atoms with van der Waals surface area (Å²) in [5, 5.41) is 9.20. The van der Waals surface area contributed by atoms with E-state index in [9.17, 15) is 5.26 Å². The lowest BCUT2D eigenvalue weighted by Crippen LogP contribution is -2.53. The molecule has 4 heterocycles. The zero-order chi connectivity index (χ0) is 28.7. The van der Waals surface area contributed by atoms with E-state index in [1.54, 1.807) is 6.07 Å². The molecule has 0 spiro atoms. The van der Waals surface area contributed by atoms with Crippen molar-refractivity contribution >= 4 is 16.9 Å². The van der Waals surface area contributed by atoms with Gasteiger partial charge in [0.15, 0.2) is 11.5 Å². The van der Waals surface area contributed by atoms with Gasteiger partial charge >= 0.3 is 0 Å². The minimum absolute atomic E-state index is 0.178. The summed E-state index contributed by atoms with van der Waals surface area (Å²) in [7, 11) is 2.17. The molecule has 10 heteroatoms. The van der Waals surface area contributed by atoms with Crippen molar-refractivity contribution in [1.82, 2.24) is 29.7 Å². The summed E-state index contributed by atoms with van der Waals surface area (Å²) in [6.07, 6.45) is 2.37. The number of halogens is 2. The normalized spacial score (nSPS) is 17.2. The van der Waals surface area contributed by atoms with Crippen LogP contribution in [0.4, 0.5) is 14.5 Å². The van der Waals surface area contributed by atoms with E-state index in [1.165, 1.54) is 37.1 Å². The highest BCUT2D eigenvalue weighted by Crippen LogP contribution is 2.32. The molecule has 2 saturated heterocycles. The topological polar surface area (TPSA) is 85.1 Å². The van der Waals surface area contributed by atoms with Crippen LogP contribution in [-0.2, 0) is 0 Å². The second-order valence-corrected chi connectivity index (χ2v) is 11.0. The molecule has 2 fully saturated rings. The van der Waals surface area contributed by atoms with Gasteiger partial charge in [0.2, 0.25) is 0 Å². The standard InChI is InChI=1S/C31H32F2N8/c1-19-20(2)36-31-29(35-19)28(26-5-4-21(18-34)14-27(26)33)37-30(38-31)22-15-23(32)17-25(16-22)41-12-10-40(11-13-41)24-6-8-39(3)9-7-24/h4-5,14-17,24H,6-13H2,1-3H3. The van der Waals surface area contributed by atoms with E-state index in [0.717, 1.165) is 45.0 Å². The highest BCUT2D eigenvalue weighted by atomic mass is 19.1.